The van der Waals surface area contributed by atoms with E-state index in [1.807, 2.05) is 65.0 Å². The van der Waals surface area contributed by atoms with E-state index >= 15 is 0 Å². The van der Waals surface area contributed by atoms with Gasteiger partial charge in [-0.05, 0) is 35.4 Å². The van der Waals surface area contributed by atoms with E-state index in [4.69, 9.17) is 21.7 Å². The Morgan fingerprint density at radius 2 is 1.77 bits per heavy atom. The summed E-state index contributed by atoms with van der Waals surface area (Å²) in [5, 5.41) is 20.6. The van der Waals surface area contributed by atoms with Crippen molar-refractivity contribution in [1.29, 1.82) is 0 Å². The number of thiazole rings is 1. The lowest BCUT2D eigenvalue weighted by molar-refractivity contribution is 0.477. The molecule has 3 aromatic carbocycles. The standard InChI is InChI=1S/C24H18ClN3OS/c25-18-10-6-9-17(13-18)20-14-22(16-7-2-1-3-8-16)28(27-20)24-26-21(15-30-24)19-11-4-5-12-23(19)29/h1-13,15,22,29H,14H2. The van der Waals surface area contributed by atoms with Crippen LogP contribution in [-0.2, 0) is 0 Å². The summed E-state index contributed by atoms with van der Waals surface area (Å²) in [6.07, 6.45) is 0.760. The Morgan fingerprint density at radius 1 is 0.967 bits per heavy atom. The van der Waals surface area contributed by atoms with E-state index in [0.29, 0.717) is 5.02 Å². The van der Waals surface area contributed by atoms with Crippen molar-refractivity contribution in [3.05, 3.63) is 100 Å². The number of hydrogen-bond acceptors (Lipinski definition) is 5. The zero-order valence-corrected chi connectivity index (χ0v) is 17.5. The third-order valence-electron chi connectivity index (χ3n) is 5.12. The fourth-order valence-corrected chi connectivity index (χ4v) is 4.66. The number of nitrogens with zero attached hydrogens (tertiary/aromatic N) is 3. The van der Waals surface area contributed by atoms with Gasteiger partial charge < -0.3 is 5.11 Å². The van der Waals surface area contributed by atoms with Crippen LogP contribution in [0, 0.1) is 0 Å². The lowest BCUT2D eigenvalue weighted by atomic mass is 9.99. The third kappa shape index (κ3) is 3.58. The maximum absolute atomic E-state index is 10.2. The fraction of sp³-hybridized carbons (Fsp3) is 0.0833. The Kier molecular flexibility index (Phi) is 4.99. The first-order valence-corrected chi connectivity index (χ1v) is 10.9. The predicted octanol–water partition coefficient (Wildman–Crippen LogP) is 6.52. The molecule has 1 atom stereocenters. The molecule has 30 heavy (non-hydrogen) atoms. The molecule has 1 aliphatic rings. The van der Waals surface area contributed by atoms with Crippen molar-refractivity contribution in [2.75, 3.05) is 5.01 Å². The molecule has 1 N–H and O–H groups in total. The number of hydrazone groups is 1. The SMILES string of the molecule is Oc1ccccc1-c1csc(N2N=C(c3cccc(Cl)c3)CC2c2ccccc2)n1. The number of phenolic OH excluding ortho intramolecular Hbond substituents is 1. The van der Waals surface area contributed by atoms with Gasteiger partial charge >= 0.3 is 0 Å². The van der Waals surface area contributed by atoms with Gasteiger partial charge in [-0.3, -0.25) is 0 Å². The summed E-state index contributed by atoms with van der Waals surface area (Å²) in [6.45, 7) is 0. The van der Waals surface area contributed by atoms with E-state index in [9.17, 15) is 5.11 Å². The van der Waals surface area contributed by atoms with Crippen LogP contribution < -0.4 is 5.01 Å². The summed E-state index contributed by atoms with van der Waals surface area (Å²) < 4.78 is 0. The highest BCUT2D eigenvalue weighted by atomic mass is 35.5. The minimum atomic E-state index is 0.0450. The van der Waals surface area contributed by atoms with Gasteiger partial charge in [0.05, 0.1) is 17.4 Å². The lowest BCUT2D eigenvalue weighted by Crippen LogP contribution is -2.18. The van der Waals surface area contributed by atoms with Crippen molar-refractivity contribution in [2.24, 2.45) is 5.10 Å². The average Bonchev–Trinajstić information content (AvgIpc) is 3.42. The molecule has 6 heteroatoms. The molecule has 5 rings (SSSR count). The molecule has 0 aliphatic carbocycles. The molecule has 0 spiro atoms. The van der Waals surface area contributed by atoms with Gasteiger partial charge in [0.2, 0.25) is 5.13 Å². The number of benzene rings is 3. The second kappa shape index (κ2) is 7.94. The van der Waals surface area contributed by atoms with Gasteiger partial charge in [-0.15, -0.1) is 11.3 Å². The summed E-state index contributed by atoms with van der Waals surface area (Å²) in [7, 11) is 0. The normalized spacial score (nSPS) is 16.0. The number of para-hydroxylation sites is 1. The highest BCUT2D eigenvalue weighted by molar-refractivity contribution is 7.14. The molecule has 4 aromatic rings. The molecular weight excluding hydrogens is 414 g/mol. The monoisotopic (exact) mass is 431 g/mol. The van der Waals surface area contributed by atoms with Gasteiger partial charge in [0.1, 0.15) is 5.75 Å². The fourth-order valence-electron chi connectivity index (χ4n) is 3.65. The first-order chi connectivity index (χ1) is 14.7. The molecular formula is C24H18ClN3OS. The summed E-state index contributed by atoms with van der Waals surface area (Å²) >= 11 is 7.73. The summed E-state index contributed by atoms with van der Waals surface area (Å²) in [5.74, 6) is 0.221. The quantitative estimate of drug-likeness (QED) is 0.400. The zero-order valence-electron chi connectivity index (χ0n) is 15.9. The Morgan fingerprint density at radius 3 is 2.57 bits per heavy atom. The van der Waals surface area contributed by atoms with E-state index in [1.54, 1.807) is 12.1 Å². The molecule has 0 fully saturated rings. The van der Waals surface area contributed by atoms with Gasteiger partial charge in [-0.25, -0.2) is 9.99 Å². The predicted molar refractivity (Wildman–Crippen MR) is 123 cm³/mol. The van der Waals surface area contributed by atoms with Crippen molar-refractivity contribution in [2.45, 2.75) is 12.5 Å². The number of phenols is 1. The number of hydrogen-bond donors (Lipinski definition) is 1. The van der Waals surface area contributed by atoms with E-state index in [-0.39, 0.29) is 11.8 Å². The Balaban J connectivity index is 1.55. The van der Waals surface area contributed by atoms with Gasteiger partial charge in [-0.2, -0.15) is 5.10 Å². The molecule has 1 aromatic heterocycles. The minimum Gasteiger partial charge on any atom is -0.507 e. The van der Waals surface area contributed by atoms with E-state index < -0.39 is 0 Å². The number of aromatic nitrogens is 1. The Labute approximate surface area is 183 Å². The first kappa shape index (κ1) is 18.9. The molecule has 0 amide bonds. The van der Waals surface area contributed by atoms with Crippen molar-refractivity contribution < 1.29 is 5.11 Å². The molecule has 0 bridgehead atoms. The third-order valence-corrected chi connectivity index (χ3v) is 6.19. The van der Waals surface area contributed by atoms with Crippen LogP contribution in [0.4, 0.5) is 5.13 Å². The molecule has 4 nitrogen and oxygen atoms in total. The van der Waals surface area contributed by atoms with Crippen molar-refractivity contribution >= 4 is 33.8 Å². The Hall–Kier alpha value is -3.15. The van der Waals surface area contributed by atoms with E-state index in [0.717, 1.165) is 34.1 Å². The van der Waals surface area contributed by atoms with Crippen LogP contribution >= 0.6 is 22.9 Å². The van der Waals surface area contributed by atoms with E-state index in [2.05, 4.69) is 12.1 Å². The highest BCUT2D eigenvalue weighted by Crippen LogP contribution is 2.40. The van der Waals surface area contributed by atoms with Crippen molar-refractivity contribution in [1.82, 2.24) is 4.98 Å². The van der Waals surface area contributed by atoms with Crippen molar-refractivity contribution in [3.63, 3.8) is 0 Å². The van der Waals surface area contributed by atoms with E-state index in [1.165, 1.54) is 16.9 Å². The largest absolute Gasteiger partial charge is 0.507 e. The Bertz CT molecular complexity index is 1220. The van der Waals surface area contributed by atoms with Gasteiger partial charge in [0.25, 0.3) is 0 Å². The topological polar surface area (TPSA) is 48.7 Å². The molecule has 1 unspecified atom stereocenters. The van der Waals surface area contributed by atoms with Crippen LogP contribution in [0.15, 0.2) is 89.3 Å². The zero-order chi connectivity index (χ0) is 20.5. The minimum absolute atomic E-state index is 0.0450. The summed E-state index contributed by atoms with van der Waals surface area (Å²) in [4.78, 5) is 4.80. The first-order valence-electron chi connectivity index (χ1n) is 9.60. The van der Waals surface area contributed by atoms with Crippen molar-refractivity contribution in [3.8, 4) is 17.0 Å². The maximum Gasteiger partial charge on any atom is 0.207 e. The van der Waals surface area contributed by atoms with Crippen LogP contribution in [0.1, 0.15) is 23.6 Å². The van der Waals surface area contributed by atoms with Gasteiger partial charge in [0, 0.05) is 22.4 Å². The summed E-state index contributed by atoms with van der Waals surface area (Å²) in [5.41, 5.74) is 4.63. The number of aromatic hydroxyl groups is 1. The number of anilines is 1. The molecule has 0 saturated carbocycles. The lowest BCUT2D eigenvalue weighted by Gasteiger charge is -2.21. The van der Waals surface area contributed by atoms with Gasteiger partial charge in [0.15, 0.2) is 0 Å². The molecule has 1 aliphatic heterocycles. The van der Waals surface area contributed by atoms with Crippen LogP contribution in [0.5, 0.6) is 5.75 Å². The average molecular weight is 432 g/mol. The molecule has 148 valence electrons. The van der Waals surface area contributed by atoms with Crippen LogP contribution in [0.25, 0.3) is 11.3 Å². The number of halogens is 1. The highest BCUT2D eigenvalue weighted by Gasteiger charge is 2.31. The molecule has 0 saturated heterocycles. The van der Waals surface area contributed by atoms with Crippen LogP contribution in [0.2, 0.25) is 5.02 Å². The summed E-state index contributed by atoms with van der Waals surface area (Å²) in [6, 6.07) is 25.4. The second-order valence-corrected chi connectivity index (χ2v) is 8.34. The maximum atomic E-state index is 10.2. The second-order valence-electron chi connectivity index (χ2n) is 7.06. The van der Waals surface area contributed by atoms with Gasteiger partial charge in [-0.1, -0.05) is 66.2 Å². The van der Waals surface area contributed by atoms with Crippen LogP contribution in [0.3, 0.4) is 0 Å². The van der Waals surface area contributed by atoms with Crippen LogP contribution in [-0.4, -0.2) is 15.8 Å². The molecule has 0 radical (unpaired) electrons. The molecule has 2 heterocycles. The smallest absolute Gasteiger partial charge is 0.207 e. The number of rotatable bonds is 4.